The highest BCUT2D eigenvalue weighted by atomic mass is 32.2. The van der Waals surface area contributed by atoms with Crippen LogP contribution in [0.25, 0.3) is 0 Å². The van der Waals surface area contributed by atoms with Crippen LogP contribution in [0.4, 0.5) is 17.5 Å². The molecule has 1 saturated heterocycles. The van der Waals surface area contributed by atoms with E-state index in [1.165, 1.54) is 0 Å². The van der Waals surface area contributed by atoms with Crippen LogP contribution in [0, 0.1) is 6.92 Å². The highest BCUT2D eigenvalue weighted by molar-refractivity contribution is 7.91. The van der Waals surface area contributed by atoms with E-state index < -0.39 is 9.84 Å². The van der Waals surface area contributed by atoms with Gasteiger partial charge in [-0.05, 0) is 25.5 Å². The SMILES string of the molecule is Cc1cc(Nc2ccccc2)nc(NC2CCS(=O)(=O)C2)n1. The number of para-hydroxylation sites is 1. The number of nitrogens with one attached hydrogen (secondary N) is 2. The normalized spacial score (nSPS) is 19.8. The maximum atomic E-state index is 11.5. The highest BCUT2D eigenvalue weighted by Gasteiger charge is 2.28. The molecule has 1 atom stereocenters. The Morgan fingerprint density at radius 3 is 2.64 bits per heavy atom. The molecule has 6 nitrogen and oxygen atoms in total. The first-order valence-electron chi connectivity index (χ1n) is 7.15. The summed E-state index contributed by atoms with van der Waals surface area (Å²) in [5, 5.41) is 6.34. The van der Waals surface area contributed by atoms with Crippen molar-refractivity contribution in [1.29, 1.82) is 0 Å². The quantitative estimate of drug-likeness (QED) is 0.898. The number of anilines is 3. The molecule has 0 aliphatic carbocycles. The molecular weight excluding hydrogens is 300 g/mol. The fraction of sp³-hybridized carbons (Fsp3) is 0.333. The smallest absolute Gasteiger partial charge is 0.225 e. The third-order valence-corrected chi connectivity index (χ3v) is 5.23. The van der Waals surface area contributed by atoms with Crippen LogP contribution in [0.15, 0.2) is 36.4 Å². The van der Waals surface area contributed by atoms with Crippen molar-refractivity contribution in [1.82, 2.24) is 9.97 Å². The van der Waals surface area contributed by atoms with Gasteiger partial charge >= 0.3 is 0 Å². The summed E-state index contributed by atoms with van der Waals surface area (Å²) in [6.45, 7) is 1.88. The molecule has 2 N–H and O–H groups in total. The molecule has 0 spiro atoms. The van der Waals surface area contributed by atoms with Gasteiger partial charge in [-0.1, -0.05) is 18.2 Å². The fourth-order valence-electron chi connectivity index (χ4n) is 2.46. The van der Waals surface area contributed by atoms with Crippen molar-refractivity contribution in [2.45, 2.75) is 19.4 Å². The van der Waals surface area contributed by atoms with Crippen molar-refractivity contribution < 1.29 is 8.42 Å². The van der Waals surface area contributed by atoms with E-state index in [1.807, 2.05) is 43.3 Å². The number of nitrogens with zero attached hydrogens (tertiary/aromatic N) is 2. The maximum Gasteiger partial charge on any atom is 0.225 e. The van der Waals surface area contributed by atoms with Crippen molar-refractivity contribution in [3.05, 3.63) is 42.1 Å². The molecule has 1 unspecified atom stereocenters. The molecule has 1 aliphatic rings. The fourth-order valence-corrected chi connectivity index (χ4v) is 4.13. The second-order valence-corrected chi connectivity index (χ2v) is 7.68. The number of aryl methyl sites for hydroxylation is 1. The van der Waals surface area contributed by atoms with E-state index in [0.29, 0.717) is 18.2 Å². The van der Waals surface area contributed by atoms with Crippen LogP contribution in [-0.2, 0) is 9.84 Å². The minimum absolute atomic E-state index is 0.114. The maximum absolute atomic E-state index is 11.5. The lowest BCUT2D eigenvalue weighted by Crippen LogP contribution is -2.22. The summed E-state index contributed by atoms with van der Waals surface area (Å²) in [5.41, 5.74) is 1.76. The first-order chi connectivity index (χ1) is 10.5. The lowest BCUT2D eigenvalue weighted by atomic mass is 10.3. The molecule has 7 heteroatoms. The largest absolute Gasteiger partial charge is 0.350 e. The van der Waals surface area contributed by atoms with E-state index in [9.17, 15) is 8.42 Å². The molecule has 1 aromatic carbocycles. The van der Waals surface area contributed by atoms with Crippen LogP contribution < -0.4 is 10.6 Å². The van der Waals surface area contributed by atoms with Gasteiger partial charge in [0.15, 0.2) is 9.84 Å². The monoisotopic (exact) mass is 318 g/mol. The van der Waals surface area contributed by atoms with Crippen molar-refractivity contribution >= 4 is 27.3 Å². The summed E-state index contributed by atoms with van der Waals surface area (Å²) in [5.74, 6) is 1.51. The number of rotatable bonds is 4. The van der Waals surface area contributed by atoms with Crippen LogP contribution in [-0.4, -0.2) is 35.9 Å². The number of hydrogen-bond donors (Lipinski definition) is 2. The molecule has 0 bridgehead atoms. The van der Waals surface area contributed by atoms with Crippen molar-refractivity contribution in [3.8, 4) is 0 Å². The van der Waals surface area contributed by atoms with E-state index in [4.69, 9.17) is 0 Å². The van der Waals surface area contributed by atoms with Crippen LogP contribution in [0.3, 0.4) is 0 Å². The summed E-state index contributed by atoms with van der Waals surface area (Å²) in [6, 6.07) is 11.5. The van der Waals surface area contributed by atoms with Gasteiger partial charge in [0.25, 0.3) is 0 Å². The van der Waals surface area contributed by atoms with Crippen LogP contribution >= 0.6 is 0 Å². The summed E-state index contributed by atoms with van der Waals surface area (Å²) in [6.07, 6.45) is 0.598. The van der Waals surface area contributed by atoms with Gasteiger partial charge in [-0.15, -0.1) is 0 Å². The van der Waals surface area contributed by atoms with Crippen LogP contribution in [0.2, 0.25) is 0 Å². The summed E-state index contributed by atoms with van der Waals surface area (Å²) in [4.78, 5) is 8.74. The van der Waals surface area contributed by atoms with Gasteiger partial charge < -0.3 is 10.6 Å². The molecule has 0 radical (unpaired) electrons. The van der Waals surface area contributed by atoms with E-state index in [0.717, 1.165) is 11.4 Å². The zero-order valence-corrected chi connectivity index (χ0v) is 13.1. The second-order valence-electron chi connectivity index (χ2n) is 5.45. The Bertz CT molecular complexity index is 762. The van der Waals surface area contributed by atoms with Gasteiger partial charge in [-0.25, -0.2) is 13.4 Å². The van der Waals surface area contributed by atoms with E-state index >= 15 is 0 Å². The van der Waals surface area contributed by atoms with Crippen LogP contribution in [0.5, 0.6) is 0 Å². The molecule has 0 saturated carbocycles. The lowest BCUT2D eigenvalue weighted by Gasteiger charge is -2.13. The molecule has 1 aliphatic heterocycles. The Morgan fingerprint density at radius 2 is 1.95 bits per heavy atom. The zero-order valence-electron chi connectivity index (χ0n) is 12.3. The number of sulfone groups is 1. The van der Waals surface area contributed by atoms with E-state index in [2.05, 4.69) is 20.6 Å². The molecule has 116 valence electrons. The average molecular weight is 318 g/mol. The van der Waals surface area contributed by atoms with Crippen LogP contribution in [0.1, 0.15) is 12.1 Å². The van der Waals surface area contributed by atoms with E-state index in [1.54, 1.807) is 0 Å². The number of aromatic nitrogens is 2. The van der Waals surface area contributed by atoms with E-state index in [-0.39, 0.29) is 17.5 Å². The first-order valence-corrected chi connectivity index (χ1v) is 8.97. The Hall–Kier alpha value is -2.15. The summed E-state index contributed by atoms with van der Waals surface area (Å²) >= 11 is 0. The minimum atomic E-state index is -2.92. The van der Waals surface area contributed by atoms with Gasteiger partial charge in [-0.3, -0.25) is 0 Å². The Kier molecular flexibility index (Phi) is 3.98. The van der Waals surface area contributed by atoms with Gasteiger partial charge in [-0.2, -0.15) is 4.98 Å². The molecule has 1 aromatic heterocycles. The number of hydrogen-bond acceptors (Lipinski definition) is 6. The average Bonchev–Trinajstić information content (AvgIpc) is 2.78. The van der Waals surface area contributed by atoms with Crippen molar-refractivity contribution in [2.24, 2.45) is 0 Å². The van der Waals surface area contributed by atoms with Gasteiger partial charge in [0.1, 0.15) is 5.82 Å². The Labute approximate surface area is 129 Å². The molecule has 2 heterocycles. The molecule has 22 heavy (non-hydrogen) atoms. The molecule has 3 rings (SSSR count). The summed E-state index contributed by atoms with van der Waals surface area (Å²) < 4.78 is 23.0. The second kappa shape index (κ2) is 5.92. The van der Waals surface area contributed by atoms with Gasteiger partial charge in [0, 0.05) is 23.5 Å². The third-order valence-electron chi connectivity index (χ3n) is 3.47. The standard InChI is InChI=1S/C15H18N4O2S/c1-11-9-14(17-12-5-3-2-4-6-12)19-15(16-11)18-13-7-8-22(20,21)10-13/h2-6,9,13H,7-8,10H2,1H3,(H2,16,17,18,19). The predicted octanol–water partition coefficient (Wildman–Crippen LogP) is 2.13. The Balaban J connectivity index is 1.75. The van der Waals surface area contributed by atoms with Crippen molar-refractivity contribution in [2.75, 3.05) is 22.1 Å². The lowest BCUT2D eigenvalue weighted by molar-refractivity contribution is 0.602. The number of benzene rings is 1. The Morgan fingerprint density at radius 1 is 1.18 bits per heavy atom. The first kappa shape index (κ1) is 14.8. The predicted molar refractivity (Wildman–Crippen MR) is 87.2 cm³/mol. The molecular formula is C15H18N4O2S. The zero-order chi connectivity index (χ0) is 15.6. The topological polar surface area (TPSA) is 84.0 Å². The van der Waals surface area contributed by atoms with Crippen molar-refractivity contribution in [3.63, 3.8) is 0 Å². The molecule has 0 amide bonds. The molecule has 1 fully saturated rings. The third kappa shape index (κ3) is 3.73. The van der Waals surface area contributed by atoms with Gasteiger partial charge in [0.05, 0.1) is 11.5 Å². The van der Waals surface area contributed by atoms with Gasteiger partial charge in [0.2, 0.25) is 5.95 Å². The summed E-state index contributed by atoms with van der Waals surface area (Å²) in [7, 11) is -2.92. The highest BCUT2D eigenvalue weighted by Crippen LogP contribution is 2.19. The molecule has 2 aromatic rings. The minimum Gasteiger partial charge on any atom is -0.350 e.